The normalized spacial score (nSPS) is 11.9. The zero-order valence-corrected chi connectivity index (χ0v) is 21.5. The van der Waals surface area contributed by atoms with Crippen molar-refractivity contribution in [1.82, 2.24) is 0 Å². The third kappa shape index (κ3) is 4.39. The van der Waals surface area contributed by atoms with Gasteiger partial charge in [0.15, 0.2) is 0 Å². The summed E-state index contributed by atoms with van der Waals surface area (Å²) in [4.78, 5) is 3.55. The molecule has 0 saturated carbocycles. The Balaban J connectivity index is 1.43. The Kier molecular flexibility index (Phi) is 6.21. The van der Waals surface area contributed by atoms with E-state index in [1.807, 2.05) is 23.5 Å². The molecule has 0 aliphatic rings. The summed E-state index contributed by atoms with van der Waals surface area (Å²) in [6.07, 6.45) is 0. The van der Waals surface area contributed by atoms with Crippen molar-refractivity contribution in [2.75, 3.05) is 10.6 Å². The van der Waals surface area contributed by atoms with Gasteiger partial charge in [-0.05, 0) is 65.0 Å². The second kappa shape index (κ2) is 9.96. The minimum atomic E-state index is 0.210. The van der Waals surface area contributed by atoms with Gasteiger partial charge in [0.05, 0.1) is 0 Å². The van der Waals surface area contributed by atoms with Gasteiger partial charge in [-0.1, -0.05) is 91.9 Å². The molecule has 0 radical (unpaired) electrons. The number of thiophene rings is 1. The van der Waals surface area contributed by atoms with E-state index in [4.69, 9.17) is 5.73 Å². The summed E-state index contributed by atoms with van der Waals surface area (Å²) in [6.45, 7) is 2.30. The zero-order valence-electron chi connectivity index (χ0n) is 20.7. The van der Waals surface area contributed by atoms with Crippen LogP contribution in [-0.2, 0) is 0 Å². The number of nitrogen functional groups attached to an aromatic ring is 1. The van der Waals surface area contributed by atoms with E-state index >= 15 is 0 Å². The fraction of sp³-hybridized carbons (Fsp3) is 0.0588. The Hall–Kier alpha value is -4.34. The summed E-state index contributed by atoms with van der Waals surface area (Å²) >= 11 is 1.83. The van der Waals surface area contributed by atoms with Gasteiger partial charge in [0.25, 0.3) is 0 Å². The minimum absolute atomic E-state index is 0.210. The Morgan fingerprint density at radius 1 is 0.595 bits per heavy atom. The maximum Gasteiger partial charge on any atom is 0.0461 e. The van der Waals surface area contributed by atoms with E-state index in [-0.39, 0.29) is 5.92 Å². The van der Waals surface area contributed by atoms with Crippen LogP contribution in [0.5, 0.6) is 0 Å². The number of benzene rings is 5. The third-order valence-electron chi connectivity index (χ3n) is 6.95. The molecule has 1 aromatic heterocycles. The Morgan fingerprint density at radius 2 is 1.14 bits per heavy atom. The molecule has 0 fully saturated rings. The van der Waals surface area contributed by atoms with Crippen molar-refractivity contribution < 1.29 is 0 Å². The number of nitrogens with zero attached hydrogens (tertiary/aromatic N) is 1. The lowest BCUT2D eigenvalue weighted by Gasteiger charge is -2.26. The van der Waals surface area contributed by atoms with Crippen molar-refractivity contribution in [2.24, 2.45) is 0 Å². The van der Waals surface area contributed by atoms with Crippen LogP contribution >= 0.6 is 11.3 Å². The molecule has 180 valence electrons. The Bertz CT molecular complexity index is 1600. The number of nitrogens with two attached hydrogens (primary N) is 1. The molecule has 0 aliphatic heterocycles. The summed E-state index contributed by atoms with van der Waals surface area (Å²) in [6, 6.07) is 46.9. The van der Waals surface area contributed by atoms with Crippen LogP contribution in [0.25, 0.3) is 20.5 Å². The number of hydrogen-bond acceptors (Lipinski definition) is 3. The lowest BCUT2D eigenvalue weighted by molar-refractivity contribution is 0.939. The predicted octanol–water partition coefficient (Wildman–Crippen LogP) is 9.77. The molecule has 37 heavy (non-hydrogen) atoms. The van der Waals surface area contributed by atoms with Gasteiger partial charge in [-0.3, -0.25) is 0 Å². The van der Waals surface area contributed by atoms with Gasteiger partial charge in [0, 0.05) is 43.8 Å². The molecule has 0 aliphatic carbocycles. The lowest BCUT2D eigenvalue weighted by Crippen LogP contribution is -2.09. The van der Waals surface area contributed by atoms with Crippen LogP contribution in [0.4, 0.5) is 22.7 Å². The Morgan fingerprint density at radius 3 is 1.78 bits per heavy atom. The Labute approximate surface area is 222 Å². The first-order valence-corrected chi connectivity index (χ1v) is 13.4. The number of hydrogen-bond donors (Lipinski definition) is 1. The van der Waals surface area contributed by atoms with Crippen LogP contribution in [0.15, 0.2) is 133 Å². The average Bonchev–Trinajstić information content (AvgIpc) is 3.34. The molecule has 0 spiro atoms. The molecule has 6 aromatic rings. The first-order valence-electron chi connectivity index (χ1n) is 12.6. The van der Waals surface area contributed by atoms with Crippen molar-refractivity contribution in [1.29, 1.82) is 0 Å². The standard InChI is InChI=1S/C34H28N2S/c1-24(33-30-17-9-11-19-32(30)37-34(33)29-16-8-10-18-31(29)35)25-20-22-28(23-21-25)36(26-12-4-2-5-13-26)27-14-6-3-7-15-27/h2-24H,35H2,1H3. The van der Waals surface area contributed by atoms with Gasteiger partial charge in [-0.15, -0.1) is 11.3 Å². The fourth-order valence-corrected chi connectivity index (χ4v) is 6.43. The molecule has 0 saturated heterocycles. The van der Waals surface area contributed by atoms with Crippen molar-refractivity contribution in [3.05, 3.63) is 145 Å². The van der Waals surface area contributed by atoms with Gasteiger partial charge < -0.3 is 10.6 Å². The van der Waals surface area contributed by atoms with Crippen LogP contribution in [-0.4, -0.2) is 0 Å². The average molecular weight is 497 g/mol. The highest BCUT2D eigenvalue weighted by molar-refractivity contribution is 7.22. The summed E-state index contributed by atoms with van der Waals surface area (Å²) in [5.41, 5.74) is 14.4. The quantitative estimate of drug-likeness (QED) is 0.233. The molecule has 1 atom stereocenters. The number of fused-ring (bicyclic) bond motifs is 1. The SMILES string of the molecule is CC(c1ccc(N(c2ccccc2)c2ccccc2)cc1)c1c(-c2ccccc2N)sc2ccccc12. The molecule has 0 amide bonds. The van der Waals surface area contributed by atoms with Crippen LogP contribution in [0.3, 0.4) is 0 Å². The van der Waals surface area contributed by atoms with Crippen molar-refractivity contribution >= 4 is 44.2 Å². The van der Waals surface area contributed by atoms with E-state index < -0.39 is 0 Å². The highest BCUT2D eigenvalue weighted by Gasteiger charge is 2.22. The molecule has 1 heterocycles. The third-order valence-corrected chi connectivity index (χ3v) is 8.17. The van der Waals surface area contributed by atoms with E-state index in [9.17, 15) is 0 Å². The molecule has 1 unspecified atom stereocenters. The molecule has 3 heteroatoms. The summed E-state index contributed by atoms with van der Waals surface area (Å²) in [5, 5.41) is 1.30. The van der Waals surface area contributed by atoms with Gasteiger partial charge in [-0.25, -0.2) is 0 Å². The maximum absolute atomic E-state index is 6.45. The van der Waals surface area contributed by atoms with Crippen LogP contribution in [0.1, 0.15) is 24.0 Å². The molecular formula is C34H28N2S. The smallest absolute Gasteiger partial charge is 0.0461 e. The second-order valence-electron chi connectivity index (χ2n) is 9.25. The largest absolute Gasteiger partial charge is 0.398 e. The molecule has 2 N–H and O–H groups in total. The van der Waals surface area contributed by atoms with Crippen LogP contribution in [0.2, 0.25) is 0 Å². The highest BCUT2D eigenvalue weighted by atomic mass is 32.1. The highest BCUT2D eigenvalue weighted by Crippen LogP contribution is 2.46. The van der Waals surface area contributed by atoms with E-state index in [2.05, 4.69) is 133 Å². The first kappa shape index (κ1) is 23.1. The van der Waals surface area contributed by atoms with Crippen LogP contribution in [0, 0.1) is 0 Å². The summed E-state index contributed by atoms with van der Waals surface area (Å²) < 4.78 is 1.29. The first-order chi connectivity index (χ1) is 18.2. The zero-order chi connectivity index (χ0) is 25.2. The molecule has 5 aromatic carbocycles. The number of anilines is 4. The number of rotatable bonds is 6. The van der Waals surface area contributed by atoms with E-state index in [0.29, 0.717) is 0 Å². The van der Waals surface area contributed by atoms with Crippen molar-refractivity contribution in [3.63, 3.8) is 0 Å². The van der Waals surface area contributed by atoms with Crippen molar-refractivity contribution in [3.8, 4) is 10.4 Å². The summed E-state index contributed by atoms with van der Waals surface area (Å²) in [7, 11) is 0. The maximum atomic E-state index is 6.45. The topological polar surface area (TPSA) is 29.3 Å². The molecule has 0 bridgehead atoms. The van der Waals surface area contributed by atoms with E-state index in [1.165, 1.54) is 26.1 Å². The molecule has 2 nitrogen and oxygen atoms in total. The van der Waals surface area contributed by atoms with Gasteiger partial charge >= 0.3 is 0 Å². The molecular weight excluding hydrogens is 468 g/mol. The van der Waals surface area contributed by atoms with E-state index in [0.717, 1.165) is 28.3 Å². The van der Waals surface area contributed by atoms with Crippen LogP contribution < -0.4 is 10.6 Å². The lowest BCUT2D eigenvalue weighted by atomic mass is 9.89. The van der Waals surface area contributed by atoms with Crippen molar-refractivity contribution in [2.45, 2.75) is 12.8 Å². The van der Waals surface area contributed by atoms with Gasteiger partial charge in [0.2, 0.25) is 0 Å². The van der Waals surface area contributed by atoms with Gasteiger partial charge in [0.1, 0.15) is 0 Å². The molecule has 6 rings (SSSR count). The minimum Gasteiger partial charge on any atom is -0.398 e. The predicted molar refractivity (Wildman–Crippen MR) is 160 cm³/mol. The summed E-state index contributed by atoms with van der Waals surface area (Å²) in [5.74, 6) is 0.210. The second-order valence-corrected chi connectivity index (χ2v) is 10.3. The number of para-hydroxylation sites is 3. The van der Waals surface area contributed by atoms with Gasteiger partial charge in [-0.2, -0.15) is 0 Å². The fourth-order valence-electron chi connectivity index (χ4n) is 5.08. The monoisotopic (exact) mass is 496 g/mol. The van der Waals surface area contributed by atoms with E-state index in [1.54, 1.807) is 0 Å².